The number of ether oxygens (including phenoxy) is 1. The van der Waals surface area contributed by atoms with Crippen LogP contribution in [-0.2, 0) is 14.3 Å². The highest BCUT2D eigenvalue weighted by Gasteiger charge is 2.35. The van der Waals surface area contributed by atoms with Crippen molar-refractivity contribution in [3.63, 3.8) is 0 Å². The molecule has 2 aromatic carbocycles. The van der Waals surface area contributed by atoms with E-state index in [0.717, 1.165) is 22.5 Å². The molecule has 1 aliphatic heterocycles. The number of hydrogen-bond acceptors (Lipinski definition) is 5. The Kier molecular flexibility index (Phi) is 6.41. The van der Waals surface area contributed by atoms with Crippen LogP contribution in [0.2, 0.25) is 0 Å². The second-order valence-electron chi connectivity index (χ2n) is 8.42. The third-order valence-corrected chi connectivity index (χ3v) is 6.31. The summed E-state index contributed by atoms with van der Waals surface area (Å²) in [5.74, 6) is -1.50. The van der Waals surface area contributed by atoms with Crippen LogP contribution in [-0.4, -0.2) is 34.6 Å². The zero-order valence-corrected chi connectivity index (χ0v) is 20.9. The minimum absolute atomic E-state index is 0.0268. The average molecular weight is 488 g/mol. The van der Waals surface area contributed by atoms with E-state index >= 15 is 0 Å². The van der Waals surface area contributed by atoms with Crippen LogP contribution in [0.4, 0.5) is 5.69 Å². The fraction of sp³-hybridized carbons (Fsp3) is 0.185. The first-order valence-corrected chi connectivity index (χ1v) is 11.4. The topological polar surface area (TPSA) is 80.6 Å². The Hall–Kier alpha value is -4.04. The summed E-state index contributed by atoms with van der Waals surface area (Å²) in [6.07, 6.45) is 1.57. The number of thiocarbonyl (C=S) groups is 1. The van der Waals surface area contributed by atoms with Crippen LogP contribution in [0.25, 0.3) is 11.8 Å². The number of hydrogen-bond donors (Lipinski definition) is 1. The molecule has 1 fully saturated rings. The number of rotatable bonds is 4. The summed E-state index contributed by atoms with van der Waals surface area (Å²) < 4.78 is 6.84. The Balaban J connectivity index is 1.81. The van der Waals surface area contributed by atoms with Crippen LogP contribution in [0.1, 0.15) is 38.4 Å². The van der Waals surface area contributed by atoms with Gasteiger partial charge in [-0.25, -0.2) is 4.79 Å². The van der Waals surface area contributed by atoms with Crippen LogP contribution in [0.15, 0.2) is 54.1 Å². The van der Waals surface area contributed by atoms with E-state index in [0.29, 0.717) is 22.5 Å². The summed E-state index contributed by atoms with van der Waals surface area (Å²) in [4.78, 5) is 40.0. The molecule has 1 aromatic heterocycles. The van der Waals surface area contributed by atoms with Gasteiger partial charge in [0.15, 0.2) is 5.11 Å². The van der Waals surface area contributed by atoms with Gasteiger partial charge in [-0.1, -0.05) is 24.3 Å². The third kappa shape index (κ3) is 4.28. The summed E-state index contributed by atoms with van der Waals surface area (Å²) >= 11 is 5.35. The number of nitrogens with one attached hydrogen (secondary N) is 1. The number of carbonyl (C=O) groups excluding carboxylic acids is 3. The van der Waals surface area contributed by atoms with Crippen molar-refractivity contribution in [1.29, 1.82) is 0 Å². The molecule has 0 radical (unpaired) electrons. The van der Waals surface area contributed by atoms with Gasteiger partial charge in [-0.15, -0.1) is 0 Å². The number of benzene rings is 2. The predicted molar refractivity (Wildman–Crippen MR) is 139 cm³/mol. The molecule has 0 unspecified atom stereocenters. The highest BCUT2D eigenvalue weighted by Crippen LogP contribution is 2.29. The van der Waals surface area contributed by atoms with Gasteiger partial charge in [0, 0.05) is 11.4 Å². The minimum atomic E-state index is -0.554. The van der Waals surface area contributed by atoms with Gasteiger partial charge in [0.05, 0.1) is 24.0 Å². The first-order chi connectivity index (χ1) is 16.6. The second kappa shape index (κ2) is 9.31. The van der Waals surface area contributed by atoms with E-state index in [1.54, 1.807) is 18.2 Å². The van der Waals surface area contributed by atoms with Gasteiger partial charge < -0.3 is 9.30 Å². The van der Waals surface area contributed by atoms with Crippen LogP contribution >= 0.6 is 12.2 Å². The molecular weight excluding hydrogens is 462 g/mol. The molecule has 1 saturated heterocycles. The zero-order chi connectivity index (χ0) is 25.4. The Bertz CT molecular complexity index is 1430. The summed E-state index contributed by atoms with van der Waals surface area (Å²) in [5, 5.41) is 2.69. The molecule has 178 valence electrons. The number of amides is 2. The first kappa shape index (κ1) is 24.1. The Labute approximate surface area is 209 Å². The van der Waals surface area contributed by atoms with E-state index in [2.05, 4.69) is 5.32 Å². The van der Waals surface area contributed by atoms with Crippen molar-refractivity contribution in [2.45, 2.75) is 27.7 Å². The molecule has 0 spiro atoms. The minimum Gasteiger partial charge on any atom is -0.465 e. The number of carbonyl (C=O) groups is 3. The fourth-order valence-electron chi connectivity index (χ4n) is 4.25. The lowest BCUT2D eigenvalue weighted by Crippen LogP contribution is -2.54. The standard InChI is InChI=1S/C27H25N3O4S/c1-15-10-11-16(2)23(12-15)30-25(32)21(24(31)28-27(30)35)14-19-13-17(3)29(18(19)4)22-9-7-6-8-20(22)26(33)34-5/h6-14H,1-5H3,(H,28,31,35)/b21-14+. The van der Waals surface area contributed by atoms with Crippen molar-refractivity contribution < 1.29 is 19.1 Å². The number of esters is 1. The first-order valence-electron chi connectivity index (χ1n) is 11.0. The lowest BCUT2D eigenvalue weighted by Gasteiger charge is -2.30. The molecule has 4 rings (SSSR count). The Morgan fingerprint density at radius 2 is 1.71 bits per heavy atom. The van der Waals surface area contributed by atoms with Gasteiger partial charge in [0.2, 0.25) is 0 Å². The van der Waals surface area contributed by atoms with E-state index in [1.807, 2.05) is 68.7 Å². The normalized spacial score (nSPS) is 14.9. The smallest absolute Gasteiger partial charge is 0.339 e. The van der Waals surface area contributed by atoms with Crippen LogP contribution in [0.5, 0.6) is 0 Å². The van der Waals surface area contributed by atoms with Crippen molar-refractivity contribution in [2.24, 2.45) is 0 Å². The van der Waals surface area contributed by atoms with Gasteiger partial charge in [-0.05, 0) is 86.9 Å². The monoisotopic (exact) mass is 487 g/mol. The number of anilines is 1. The van der Waals surface area contributed by atoms with Gasteiger partial charge in [0.1, 0.15) is 5.57 Å². The molecule has 0 atom stereocenters. The number of nitrogens with zero attached hydrogens (tertiary/aromatic N) is 2. The predicted octanol–water partition coefficient (Wildman–Crippen LogP) is 4.33. The maximum atomic E-state index is 13.5. The van der Waals surface area contributed by atoms with E-state index in [-0.39, 0.29) is 10.7 Å². The largest absolute Gasteiger partial charge is 0.465 e. The molecule has 7 nitrogen and oxygen atoms in total. The molecular formula is C27H25N3O4S. The van der Waals surface area contributed by atoms with Crippen LogP contribution < -0.4 is 10.2 Å². The highest BCUT2D eigenvalue weighted by atomic mass is 32.1. The van der Waals surface area contributed by atoms with Crippen molar-refractivity contribution in [2.75, 3.05) is 12.0 Å². The van der Waals surface area contributed by atoms with E-state index in [9.17, 15) is 14.4 Å². The molecule has 1 N–H and O–H groups in total. The quantitative estimate of drug-likeness (QED) is 0.256. The third-order valence-electron chi connectivity index (χ3n) is 6.03. The molecule has 35 heavy (non-hydrogen) atoms. The van der Waals surface area contributed by atoms with Gasteiger partial charge in [-0.3, -0.25) is 19.8 Å². The molecule has 8 heteroatoms. The molecule has 2 amide bonds. The molecule has 0 saturated carbocycles. The van der Waals surface area contributed by atoms with Gasteiger partial charge >= 0.3 is 5.97 Å². The van der Waals surface area contributed by atoms with Gasteiger partial charge in [-0.2, -0.15) is 0 Å². The maximum Gasteiger partial charge on any atom is 0.339 e. The van der Waals surface area contributed by atoms with Crippen LogP contribution in [0, 0.1) is 27.7 Å². The highest BCUT2D eigenvalue weighted by molar-refractivity contribution is 7.80. The second-order valence-corrected chi connectivity index (χ2v) is 8.81. The van der Waals surface area contributed by atoms with E-state index in [4.69, 9.17) is 17.0 Å². The molecule has 1 aliphatic rings. The summed E-state index contributed by atoms with van der Waals surface area (Å²) in [5.41, 5.74) is 5.76. The van der Waals surface area contributed by atoms with Crippen molar-refractivity contribution in [3.05, 3.63) is 87.7 Å². The lowest BCUT2D eigenvalue weighted by molar-refractivity contribution is -0.122. The fourth-order valence-corrected chi connectivity index (χ4v) is 4.52. The zero-order valence-electron chi connectivity index (χ0n) is 20.1. The van der Waals surface area contributed by atoms with Gasteiger partial charge in [0.25, 0.3) is 11.8 Å². The van der Waals surface area contributed by atoms with Crippen molar-refractivity contribution >= 4 is 46.9 Å². The Morgan fingerprint density at radius 1 is 1.00 bits per heavy atom. The van der Waals surface area contributed by atoms with Crippen molar-refractivity contribution in [1.82, 2.24) is 9.88 Å². The molecule has 0 bridgehead atoms. The van der Waals surface area contributed by atoms with Crippen LogP contribution in [0.3, 0.4) is 0 Å². The molecule has 3 aromatic rings. The lowest BCUT2D eigenvalue weighted by atomic mass is 10.0. The summed E-state index contributed by atoms with van der Waals surface area (Å²) in [7, 11) is 1.34. The molecule has 2 heterocycles. The maximum absolute atomic E-state index is 13.5. The summed E-state index contributed by atoms with van der Waals surface area (Å²) in [6.45, 7) is 7.57. The van der Waals surface area contributed by atoms with E-state index < -0.39 is 17.8 Å². The number of para-hydroxylation sites is 1. The number of aromatic nitrogens is 1. The summed E-state index contributed by atoms with van der Waals surface area (Å²) in [6, 6.07) is 14.7. The number of methoxy groups -OCH3 is 1. The molecule has 0 aliphatic carbocycles. The average Bonchev–Trinajstić information content (AvgIpc) is 3.10. The Morgan fingerprint density at radius 3 is 2.43 bits per heavy atom. The van der Waals surface area contributed by atoms with E-state index in [1.165, 1.54) is 12.0 Å². The number of aryl methyl sites for hydroxylation is 3. The van der Waals surface area contributed by atoms with Crippen molar-refractivity contribution in [3.8, 4) is 5.69 Å². The SMILES string of the molecule is COC(=O)c1ccccc1-n1c(C)cc(/C=C2\C(=O)NC(=S)N(c3cc(C)ccc3C)C2=O)c1C.